The van der Waals surface area contributed by atoms with E-state index in [1.807, 2.05) is 13.1 Å². The molecule has 7 heteroatoms. The van der Waals surface area contributed by atoms with E-state index in [-0.39, 0.29) is 11.9 Å². The van der Waals surface area contributed by atoms with Crippen LogP contribution in [0.5, 0.6) is 0 Å². The molecule has 2 aromatic heterocycles. The van der Waals surface area contributed by atoms with Crippen LogP contribution >= 0.6 is 0 Å². The van der Waals surface area contributed by atoms with Crippen LogP contribution in [0.15, 0.2) is 18.6 Å². The number of aryl methyl sites for hydroxylation is 2. The molecule has 0 aliphatic carbocycles. The van der Waals surface area contributed by atoms with E-state index < -0.39 is 0 Å². The van der Waals surface area contributed by atoms with Crippen molar-refractivity contribution in [2.24, 2.45) is 5.92 Å². The second-order valence-electron chi connectivity index (χ2n) is 5.85. The van der Waals surface area contributed by atoms with E-state index in [0.717, 1.165) is 44.2 Å². The van der Waals surface area contributed by atoms with Crippen LogP contribution in [0.4, 0.5) is 0 Å². The summed E-state index contributed by atoms with van der Waals surface area (Å²) in [5.74, 6) is 1.81. The molecule has 23 heavy (non-hydrogen) atoms. The zero-order valence-corrected chi connectivity index (χ0v) is 13.6. The van der Waals surface area contributed by atoms with Crippen LogP contribution in [0.1, 0.15) is 47.9 Å². The van der Waals surface area contributed by atoms with Gasteiger partial charge in [0.1, 0.15) is 17.3 Å². The Morgan fingerprint density at radius 1 is 1.48 bits per heavy atom. The minimum absolute atomic E-state index is 0.120. The molecule has 1 atom stereocenters. The number of hydrogen-bond acceptors (Lipinski definition) is 4. The van der Waals surface area contributed by atoms with Gasteiger partial charge in [0.25, 0.3) is 5.91 Å². The van der Waals surface area contributed by atoms with Crippen LogP contribution in [-0.4, -0.2) is 38.6 Å². The Hall–Kier alpha value is -2.15. The first-order valence-electron chi connectivity index (χ1n) is 8.10. The average Bonchev–Trinajstić information content (AvgIpc) is 3.21. The molecule has 1 aliphatic heterocycles. The van der Waals surface area contributed by atoms with Gasteiger partial charge in [-0.3, -0.25) is 4.79 Å². The van der Waals surface area contributed by atoms with Crippen molar-refractivity contribution in [3.8, 4) is 0 Å². The Morgan fingerprint density at radius 3 is 2.91 bits per heavy atom. The first-order chi connectivity index (χ1) is 11.2. The lowest BCUT2D eigenvalue weighted by Crippen LogP contribution is -2.37. The SMILES string of the molecule is CCn1ccnc1C(NC(=O)c1cnc(C)[nH]1)C1CCOCC1. The highest BCUT2D eigenvalue weighted by Crippen LogP contribution is 2.29. The molecule has 0 saturated carbocycles. The Bertz CT molecular complexity index is 657. The van der Waals surface area contributed by atoms with Gasteiger partial charge >= 0.3 is 0 Å². The molecule has 1 amide bonds. The first kappa shape index (κ1) is 15.7. The van der Waals surface area contributed by atoms with Crippen LogP contribution in [0.25, 0.3) is 0 Å². The number of aromatic amines is 1. The molecule has 1 unspecified atom stereocenters. The molecule has 3 rings (SSSR count). The number of carbonyl (C=O) groups excluding carboxylic acids is 1. The number of nitrogens with one attached hydrogen (secondary N) is 2. The summed E-state index contributed by atoms with van der Waals surface area (Å²) < 4.78 is 7.54. The van der Waals surface area contributed by atoms with Crippen LogP contribution in [0.2, 0.25) is 0 Å². The van der Waals surface area contributed by atoms with Crippen molar-refractivity contribution in [3.05, 3.63) is 35.9 Å². The minimum Gasteiger partial charge on any atom is -0.381 e. The number of nitrogens with zero attached hydrogens (tertiary/aromatic N) is 3. The summed E-state index contributed by atoms with van der Waals surface area (Å²) in [4.78, 5) is 24.1. The zero-order valence-electron chi connectivity index (χ0n) is 13.6. The fourth-order valence-corrected chi connectivity index (χ4v) is 3.06. The number of ether oxygens (including phenoxy) is 1. The molecule has 3 heterocycles. The maximum atomic E-state index is 12.6. The van der Waals surface area contributed by atoms with Crippen molar-refractivity contribution in [3.63, 3.8) is 0 Å². The minimum atomic E-state index is -0.146. The van der Waals surface area contributed by atoms with E-state index in [4.69, 9.17) is 4.74 Å². The lowest BCUT2D eigenvalue weighted by atomic mass is 9.91. The van der Waals surface area contributed by atoms with E-state index in [0.29, 0.717) is 11.6 Å². The molecular formula is C16H23N5O2. The zero-order chi connectivity index (χ0) is 16.2. The van der Waals surface area contributed by atoms with Gasteiger partial charge in [-0.05, 0) is 32.6 Å². The number of amides is 1. The molecule has 1 aliphatic rings. The summed E-state index contributed by atoms with van der Waals surface area (Å²) in [5.41, 5.74) is 0.481. The summed E-state index contributed by atoms with van der Waals surface area (Å²) in [6.07, 6.45) is 7.15. The Kier molecular flexibility index (Phi) is 4.76. The number of imidazole rings is 2. The average molecular weight is 317 g/mol. The molecule has 1 fully saturated rings. The van der Waals surface area contributed by atoms with Gasteiger partial charge in [0.2, 0.25) is 0 Å². The fourth-order valence-electron chi connectivity index (χ4n) is 3.06. The highest BCUT2D eigenvalue weighted by molar-refractivity contribution is 5.92. The number of aromatic nitrogens is 4. The fraction of sp³-hybridized carbons (Fsp3) is 0.562. The second kappa shape index (κ2) is 6.95. The first-order valence-corrected chi connectivity index (χ1v) is 8.10. The third-order valence-corrected chi connectivity index (χ3v) is 4.34. The van der Waals surface area contributed by atoms with E-state index in [9.17, 15) is 4.79 Å². The number of H-pyrrole nitrogens is 1. The third-order valence-electron chi connectivity index (χ3n) is 4.34. The highest BCUT2D eigenvalue weighted by atomic mass is 16.5. The molecule has 0 aromatic carbocycles. The van der Waals surface area contributed by atoms with Crippen LogP contribution in [0.3, 0.4) is 0 Å². The van der Waals surface area contributed by atoms with E-state index in [1.165, 1.54) is 0 Å². The smallest absolute Gasteiger partial charge is 0.269 e. The molecule has 1 saturated heterocycles. The topological polar surface area (TPSA) is 84.8 Å². The predicted molar refractivity (Wildman–Crippen MR) is 85.0 cm³/mol. The maximum absolute atomic E-state index is 12.6. The summed E-state index contributed by atoms with van der Waals surface area (Å²) in [6, 6.07) is -0.120. The molecule has 2 aromatic rings. The van der Waals surface area contributed by atoms with Gasteiger partial charge in [-0.1, -0.05) is 0 Å². The van der Waals surface area contributed by atoms with Gasteiger partial charge in [-0.25, -0.2) is 9.97 Å². The molecular weight excluding hydrogens is 294 g/mol. The van der Waals surface area contributed by atoms with Gasteiger partial charge < -0.3 is 19.6 Å². The van der Waals surface area contributed by atoms with Gasteiger partial charge in [-0.15, -0.1) is 0 Å². The molecule has 7 nitrogen and oxygen atoms in total. The summed E-state index contributed by atoms with van der Waals surface area (Å²) in [7, 11) is 0. The van der Waals surface area contributed by atoms with Crippen molar-refractivity contribution in [1.29, 1.82) is 0 Å². The Morgan fingerprint density at radius 2 is 2.26 bits per heavy atom. The largest absolute Gasteiger partial charge is 0.381 e. The van der Waals surface area contributed by atoms with Crippen LogP contribution < -0.4 is 5.32 Å². The van der Waals surface area contributed by atoms with Gasteiger partial charge in [0, 0.05) is 32.2 Å². The standard InChI is InChI=1S/C16H23N5O2/c1-3-21-7-6-17-15(21)14(12-4-8-23-9-5-12)20-16(22)13-10-18-11(2)19-13/h6-7,10,12,14H,3-5,8-9H2,1-2H3,(H,18,19)(H,20,22). The van der Waals surface area contributed by atoms with Gasteiger partial charge in [-0.2, -0.15) is 0 Å². The van der Waals surface area contributed by atoms with Gasteiger partial charge in [0.15, 0.2) is 0 Å². The maximum Gasteiger partial charge on any atom is 0.269 e. The van der Waals surface area contributed by atoms with Crippen molar-refractivity contribution in [1.82, 2.24) is 24.8 Å². The molecule has 124 valence electrons. The molecule has 0 radical (unpaired) electrons. The Labute approximate surface area is 135 Å². The van der Waals surface area contributed by atoms with Crippen LogP contribution in [-0.2, 0) is 11.3 Å². The van der Waals surface area contributed by atoms with E-state index >= 15 is 0 Å². The van der Waals surface area contributed by atoms with E-state index in [2.05, 4.69) is 31.8 Å². The predicted octanol–water partition coefficient (Wildman–Crippen LogP) is 1.83. The quantitative estimate of drug-likeness (QED) is 0.881. The summed E-state index contributed by atoms with van der Waals surface area (Å²) in [6.45, 7) is 6.19. The molecule has 0 spiro atoms. The number of rotatable bonds is 5. The third kappa shape index (κ3) is 3.44. The van der Waals surface area contributed by atoms with Crippen LogP contribution in [0, 0.1) is 12.8 Å². The molecule has 2 N–H and O–H groups in total. The normalized spacial score (nSPS) is 17.1. The van der Waals surface area contributed by atoms with E-state index in [1.54, 1.807) is 12.4 Å². The summed E-state index contributed by atoms with van der Waals surface area (Å²) >= 11 is 0. The lowest BCUT2D eigenvalue weighted by molar-refractivity contribution is 0.0497. The monoisotopic (exact) mass is 317 g/mol. The van der Waals surface area contributed by atoms with Crippen molar-refractivity contribution in [2.75, 3.05) is 13.2 Å². The summed E-state index contributed by atoms with van der Waals surface area (Å²) in [5, 5.41) is 3.14. The highest BCUT2D eigenvalue weighted by Gasteiger charge is 2.30. The van der Waals surface area contributed by atoms with Crippen molar-refractivity contribution in [2.45, 2.75) is 39.3 Å². The molecule has 0 bridgehead atoms. The number of carbonyl (C=O) groups is 1. The van der Waals surface area contributed by atoms with Gasteiger partial charge in [0.05, 0.1) is 12.2 Å². The lowest BCUT2D eigenvalue weighted by Gasteiger charge is -2.30. The van der Waals surface area contributed by atoms with Crippen molar-refractivity contribution >= 4 is 5.91 Å². The Balaban J connectivity index is 1.84. The second-order valence-corrected chi connectivity index (χ2v) is 5.85. The van der Waals surface area contributed by atoms with Crippen molar-refractivity contribution < 1.29 is 9.53 Å². The number of hydrogen-bond donors (Lipinski definition) is 2.